The number of aromatic amines is 1. The molecule has 5 nitrogen and oxygen atoms in total. The summed E-state index contributed by atoms with van der Waals surface area (Å²) >= 11 is 0. The van der Waals surface area contributed by atoms with Crippen molar-refractivity contribution in [1.82, 2.24) is 15.6 Å². The molecule has 0 atom stereocenters. The molecule has 1 aromatic carbocycles. The van der Waals surface area contributed by atoms with Crippen LogP contribution >= 0.6 is 0 Å². The molecule has 1 heterocycles. The van der Waals surface area contributed by atoms with Gasteiger partial charge in [0.1, 0.15) is 0 Å². The number of ether oxygens (including phenoxy) is 1. The molecule has 0 aliphatic carbocycles. The topological polar surface area (TPSA) is 61.4 Å². The van der Waals surface area contributed by atoms with Crippen molar-refractivity contribution in [1.29, 1.82) is 0 Å². The van der Waals surface area contributed by atoms with Gasteiger partial charge < -0.3 is 20.4 Å². The van der Waals surface area contributed by atoms with Gasteiger partial charge >= 0.3 is 0 Å². The highest BCUT2D eigenvalue weighted by Gasteiger charge is 2.04. The lowest BCUT2D eigenvalue weighted by molar-refractivity contribution is 0.192. The molecule has 1 aromatic heterocycles. The molecule has 0 spiro atoms. The molecule has 0 bridgehead atoms. The number of nitrogens with zero attached hydrogens (tertiary/aromatic N) is 1. The van der Waals surface area contributed by atoms with E-state index in [1.807, 2.05) is 0 Å². The molecule has 3 N–H and O–H groups in total. The number of H-pyrrole nitrogens is 1. The van der Waals surface area contributed by atoms with Crippen LogP contribution in [0.5, 0.6) is 0 Å². The van der Waals surface area contributed by atoms with Crippen LogP contribution in [0.4, 0.5) is 0 Å². The second-order valence-corrected chi connectivity index (χ2v) is 6.35. The van der Waals surface area contributed by atoms with Crippen molar-refractivity contribution in [2.75, 3.05) is 33.4 Å². The summed E-state index contributed by atoms with van der Waals surface area (Å²) in [6.45, 7) is 7.66. The Bertz CT molecular complexity index is 663. The second-order valence-electron chi connectivity index (χ2n) is 6.35. The zero-order chi connectivity index (χ0) is 17.9. The quantitative estimate of drug-likeness (QED) is 0.352. The monoisotopic (exact) mass is 344 g/mol. The maximum absolute atomic E-state index is 5.07. The van der Waals surface area contributed by atoms with Gasteiger partial charge in [-0.05, 0) is 56.7 Å². The minimum absolute atomic E-state index is 0.839. The SMILES string of the molecule is CCNC(=NCCCCCOC)NCCc1c[nH]c2cc(C)ccc12. The van der Waals surface area contributed by atoms with Crippen molar-refractivity contribution in [3.05, 3.63) is 35.5 Å². The van der Waals surface area contributed by atoms with Crippen LogP contribution < -0.4 is 10.6 Å². The Morgan fingerprint density at radius 2 is 2.08 bits per heavy atom. The zero-order valence-corrected chi connectivity index (χ0v) is 15.8. The van der Waals surface area contributed by atoms with Crippen LogP contribution in [0.2, 0.25) is 0 Å². The summed E-state index contributed by atoms with van der Waals surface area (Å²) in [6.07, 6.45) is 6.45. The van der Waals surface area contributed by atoms with Gasteiger partial charge in [-0.2, -0.15) is 0 Å². The third kappa shape index (κ3) is 6.42. The van der Waals surface area contributed by atoms with Gasteiger partial charge in [0.2, 0.25) is 0 Å². The molecular formula is C20H32N4O. The first kappa shape index (κ1) is 19.3. The Morgan fingerprint density at radius 1 is 1.20 bits per heavy atom. The van der Waals surface area contributed by atoms with Crippen molar-refractivity contribution in [3.63, 3.8) is 0 Å². The molecule has 2 rings (SSSR count). The van der Waals surface area contributed by atoms with Crippen molar-refractivity contribution in [3.8, 4) is 0 Å². The Kier molecular flexibility index (Phi) is 8.32. The molecule has 0 amide bonds. The zero-order valence-electron chi connectivity index (χ0n) is 15.8. The number of guanidine groups is 1. The summed E-state index contributed by atoms with van der Waals surface area (Å²) in [5.74, 6) is 0.907. The van der Waals surface area contributed by atoms with Gasteiger partial charge in [-0.1, -0.05) is 12.1 Å². The number of nitrogens with one attached hydrogen (secondary N) is 3. The van der Waals surface area contributed by atoms with E-state index in [1.54, 1.807) is 7.11 Å². The summed E-state index contributed by atoms with van der Waals surface area (Å²) in [6, 6.07) is 6.57. The van der Waals surface area contributed by atoms with Crippen LogP contribution in [0, 0.1) is 6.92 Å². The van der Waals surface area contributed by atoms with Gasteiger partial charge in [0.05, 0.1) is 0 Å². The third-order valence-corrected chi connectivity index (χ3v) is 4.23. The van der Waals surface area contributed by atoms with Gasteiger partial charge in [-0.25, -0.2) is 0 Å². The van der Waals surface area contributed by atoms with E-state index in [-0.39, 0.29) is 0 Å². The van der Waals surface area contributed by atoms with Crippen molar-refractivity contribution < 1.29 is 4.74 Å². The van der Waals surface area contributed by atoms with Crippen molar-refractivity contribution in [2.45, 2.75) is 39.5 Å². The second kappa shape index (κ2) is 10.8. The largest absolute Gasteiger partial charge is 0.385 e. The first-order chi connectivity index (χ1) is 12.2. The van der Waals surface area contributed by atoms with Crippen molar-refractivity contribution >= 4 is 16.9 Å². The van der Waals surface area contributed by atoms with E-state index in [1.165, 1.54) is 22.0 Å². The number of aryl methyl sites for hydroxylation is 1. The molecule has 0 aliphatic heterocycles. The predicted molar refractivity (Wildman–Crippen MR) is 106 cm³/mol. The predicted octanol–water partition coefficient (Wildman–Crippen LogP) is 3.39. The third-order valence-electron chi connectivity index (χ3n) is 4.23. The fourth-order valence-electron chi connectivity index (χ4n) is 2.89. The van der Waals surface area contributed by atoms with E-state index in [9.17, 15) is 0 Å². The molecule has 0 unspecified atom stereocenters. The van der Waals surface area contributed by atoms with E-state index in [0.29, 0.717) is 0 Å². The molecule has 2 aromatic rings. The number of aliphatic imine (C=N–C) groups is 1. The summed E-state index contributed by atoms with van der Waals surface area (Å²) in [5, 5.41) is 8.07. The highest BCUT2D eigenvalue weighted by Crippen LogP contribution is 2.19. The van der Waals surface area contributed by atoms with Crippen LogP contribution in [-0.2, 0) is 11.2 Å². The fraction of sp³-hybridized carbons (Fsp3) is 0.550. The normalized spacial score (nSPS) is 11.9. The molecule has 25 heavy (non-hydrogen) atoms. The standard InChI is InChI=1S/C20H32N4O/c1-4-21-20(22-11-6-5-7-13-25-3)23-12-10-17-15-24-19-14-16(2)8-9-18(17)19/h8-9,14-15,24H,4-7,10-13H2,1-3H3,(H2,21,22,23). The lowest BCUT2D eigenvalue weighted by Crippen LogP contribution is -2.38. The number of rotatable bonds is 10. The Morgan fingerprint density at radius 3 is 2.88 bits per heavy atom. The summed E-state index contributed by atoms with van der Waals surface area (Å²) in [7, 11) is 1.75. The number of hydrogen-bond acceptors (Lipinski definition) is 2. The molecule has 5 heteroatoms. The number of aromatic nitrogens is 1. The minimum atomic E-state index is 0.839. The number of unbranched alkanes of at least 4 members (excludes halogenated alkanes) is 2. The van der Waals surface area contributed by atoms with E-state index in [2.05, 4.69) is 58.9 Å². The highest BCUT2D eigenvalue weighted by atomic mass is 16.5. The summed E-state index contributed by atoms with van der Waals surface area (Å²) < 4.78 is 5.07. The average molecular weight is 345 g/mol. The minimum Gasteiger partial charge on any atom is -0.385 e. The van der Waals surface area contributed by atoms with Gasteiger partial charge in [0.15, 0.2) is 5.96 Å². The molecule has 0 radical (unpaired) electrons. The number of fused-ring (bicyclic) bond motifs is 1. The Balaban J connectivity index is 1.79. The number of hydrogen-bond donors (Lipinski definition) is 3. The molecule has 0 fully saturated rings. The number of methoxy groups -OCH3 is 1. The number of benzene rings is 1. The highest BCUT2D eigenvalue weighted by molar-refractivity contribution is 5.84. The first-order valence-corrected chi connectivity index (χ1v) is 9.32. The molecule has 0 saturated heterocycles. The van der Waals surface area contributed by atoms with Crippen LogP contribution in [0.15, 0.2) is 29.4 Å². The van der Waals surface area contributed by atoms with E-state index >= 15 is 0 Å². The maximum Gasteiger partial charge on any atom is 0.191 e. The van der Waals surface area contributed by atoms with E-state index < -0.39 is 0 Å². The van der Waals surface area contributed by atoms with E-state index in [4.69, 9.17) is 4.74 Å². The molecule has 0 saturated carbocycles. The average Bonchev–Trinajstić information content (AvgIpc) is 3.00. The summed E-state index contributed by atoms with van der Waals surface area (Å²) in [5.41, 5.74) is 3.84. The lowest BCUT2D eigenvalue weighted by Gasteiger charge is -2.11. The first-order valence-electron chi connectivity index (χ1n) is 9.32. The molecule has 138 valence electrons. The Hall–Kier alpha value is -2.01. The maximum atomic E-state index is 5.07. The van der Waals surface area contributed by atoms with Gasteiger partial charge in [0, 0.05) is 50.5 Å². The van der Waals surface area contributed by atoms with Gasteiger partial charge in [-0.15, -0.1) is 0 Å². The van der Waals surface area contributed by atoms with Crippen LogP contribution in [0.25, 0.3) is 10.9 Å². The smallest absolute Gasteiger partial charge is 0.191 e. The Labute approximate surface area is 151 Å². The van der Waals surface area contributed by atoms with Crippen molar-refractivity contribution in [2.24, 2.45) is 4.99 Å². The van der Waals surface area contributed by atoms with Gasteiger partial charge in [0.25, 0.3) is 0 Å². The lowest BCUT2D eigenvalue weighted by atomic mass is 10.1. The molecule has 0 aliphatic rings. The van der Waals surface area contributed by atoms with E-state index in [0.717, 1.165) is 57.9 Å². The fourth-order valence-corrected chi connectivity index (χ4v) is 2.89. The van der Waals surface area contributed by atoms with Crippen LogP contribution in [-0.4, -0.2) is 44.3 Å². The van der Waals surface area contributed by atoms with Gasteiger partial charge in [-0.3, -0.25) is 4.99 Å². The molecular weight excluding hydrogens is 312 g/mol. The van der Waals surface area contributed by atoms with Crippen LogP contribution in [0.3, 0.4) is 0 Å². The van der Waals surface area contributed by atoms with Crippen LogP contribution in [0.1, 0.15) is 37.3 Å². The summed E-state index contributed by atoms with van der Waals surface area (Å²) in [4.78, 5) is 8.02.